The lowest BCUT2D eigenvalue weighted by Gasteiger charge is -2.28. The molecule has 1 aromatic rings. The van der Waals surface area contributed by atoms with E-state index >= 15 is 0 Å². The van der Waals surface area contributed by atoms with Gasteiger partial charge in [0.05, 0.1) is 11.1 Å². The zero-order chi connectivity index (χ0) is 21.5. The summed E-state index contributed by atoms with van der Waals surface area (Å²) in [7, 11) is 0. The average molecular weight is 398 g/mol. The van der Waals surface area contributed by atoms with E-state index < -0.39 is 35.2 Å². The zero-order valence-electron chi connectivity index (χ0n) is 17.3. The highest BCUT2D eigenvalue weighted by atomic mass is 16.2. The number of rotatable bonds is 5. The summed E-state index contributed by atoms with van der Waals surface area (Å²) < 4.78 is 0. The molecule has 2 unspecified atom stereocenters. The summed E-state index contributed by atoms with van der Waals surface area (Å²) >= 11 is 0. The van der Waals surface area contributed by atoms with E-state index in [4.69, 9.17) is 0 Å². The van der Waals surface area contributed by atoms with E-state index in [1.807, 2.05) is 20.8 Å². The number of amides is 3. The van der Waals surface area contributed by atoms with E-state index in [0.717, 1.165) is 4.90 Å². The van der Waals surface area contributed by atoms with Gasteiger partial charge in [0.1, 0.15) is 17.8 Å². The Labute approximate surface area is 169 Å². The fourth-order valence-corrected chi connectivity index (χ4v) is 3.55. The van der Waals surface area contributed by atoms with Crippen LogP contribution >= 0.6 is 0 Å². The molecular weight excluding hydrogens is 372 g/mol. The summed E-state index contributed by atoms with van der Waals surface area (Å²) in [4.78, 5) is 52.3. The molecule has 2 aliphatic heterocycles. The van der Waals surface area contributed by atoms with E-state index in [-0.39, 0.29) is 24.0 Å². The fraction of sp³-hybridized carbons (Fsp3) is 0.476. The maximum atomic E-state index is 13.2. The maximum Gasteiger partial charge on any atom is 0.262 e. The van der Waals surface area contributed by atoms with Crippen molar-refractivity contribution in [1.29, 1.82) is 0 Å². The first-order valence-corrected chi connectivity index (χ1v) is 9.66. The van der Waals surface area contributed by atoms with Gasteiger partial charge in [-0.1, -0.05) is 26.0 Å². The van der Waals surface area contributed by atoms with E-state index in [0.29, 0.717) is 11.1 Å². The molecule has 29 heavy (non-hydrogen) atoms. The second kappa shape index (κ2) is 7.42. The smallest absolute Gasteiger partial charge is 0.262 e. The van der Waals surface area contributed by atoms with Gasteiger partial charge in [-0.05, 0) is 38.8 Å². The highest BCUT2D eigenvalue weighted by molar-refractivity contribution is 6.43. The van der Waals surface area contributed by atoms with Gasteiger partial charge in [-0.3, -0.25) is 29.5 Å². The molecule has 3 rings (SSSR count). The fourth-order valence-electron chi connectivity index (χ4n) is 3.55. The molecule has 2 N–H and O–H groups in total. The number of fused-ring (bicyclic) bond motifs is 1. The van der Waals surface area contributed by atoms with Gasteiger partial charge < -0.3 is 5.32 Å². The number of nitrogens with one attached hydrogen (secondary N) is 2. The normalized spacial score (nSPS) is 19.7. The third kappa shape index (κ3) is 3.92. The van der Waals surface area contributed by atoms with Gasteiger partial charge in [0.25, 0.3) is 11.8 Å². The Balaban J connectivity index is 1.80. The number of carbonyl (C=O) groups is 4. The van der Waals surface area contributed by atoms with Crippen LogP contribution in [-0.2, 0) is 9.59 Å². The second-order valence-corrected chi connectivity index (χ2v) is 8.76. The van der Waals surface area contributed by atoms with E-state index in [9.17, 15) is 19.2 Å². The number of ketones is 1. The molecule has 2 atom stereocenters. The Kier molecular flexibility index (Phi) is 5.30. The summed E-state index contributed by atoms with van der Waals surface area (Å²) in [6, 6.07) is 4.89. The molecular formula is C21H26N4O4. The van der Waals surface area contributed by atoms with Crippen LogP contribution in [0.15, 0.2) is 29.4 Å². The Morgan fingerprint density at radius 2 is 1.69 bits per heavy atom. The van der Waals surface area contributed by atoms with Crippen LogP contribution in [0, 0.1) is 5.92 Å². The van der Waals surface area contributed by atoms with Gasteiger partial charge in [-0.2, -0.15) is 5.10 Å². The quantitative estimate of drug-likeness (QED) is 0.731. The highest BCUT2D eigenvalue weighted by Gasteiger charge is 2.46. The highest BCUT2D eigenvalue weighted by Crippen LogP contribution is 2.28. The number of carbonyl (C=O) groups excluding carboxylic acids is 4. The van der Waals surface area contributed by atoms with Crippen molar-refractivity contribution >= 4 is 29.2 Å². The lowest BCUT2D eigenvalue weighted by Crippen LogP contribution is -2.51. The molecule has 8 heteroatoms. The second-order valence-electron chi connectivity index (χ2n) is 8.76. The molecule has 2 heterocycles. The summed E-state index contributed by atoms with van der Waals surface area (Å²) in [5.41, 5.74) is 3.04. The van der Waals surface area contributed by atoms with Crippen LogP contribution < -0.4 is 10.7 Å². The molecule has 2 aliphatic rings. The number of Topliss-reactive ketones (excluding diaryl/α,β-unsaturated/α-hetero) is 1. The lowest BCUT2D eigenvalue weighted by molar-refractivity contribution is -0.124. The minimum absolute atomic E-state index is 0.104. The molecule has 0 saturated carbocycles. The third-order valence-electron chi connectivity index (χ3n) is 4.86. The van der Waals surface area contributed by atoms with Crippen LogP contribution in [-0.4, -0.2) is 51.7 Å². The van der Waals surface area contributed by atoms with Crippen LogP contribution in [0.3, 0.4) is 0 Å². The number of hydrogen-bond donors (Lipinski definition) is 2. The van der Waals surface area contributed by atoms with Crippen molar-refractivity contribution in [2.75, 3.05) is 0 Å². The summed E-state index contributed by atoms with van der Waals surface area (Å²) in [5, 5.41) is 6.90. The molecule has 0 spiro atoms. The Morgan fingerprint density at radius 3 is 2.17 bits per heavy atom. The summed E-state index contributed by atoms with van der Waals surface area (Å²) in [5.74, 6) is -1.95. The number of hydrazone groups is 1. The topological polar surface area (TPSA) is 108 Å². The predicted octanol–water partition coefficient (Wildman–Crippen LogP) is 1.51. The first kappa shape index (κ1) is 20.7. The van der Waals surface area contributed by atoms with Crippen molar-refractivity contribution in [1.82, 2.24) is 15.6 Å². The zero-order valence-corrected chi connectivity index (χ0v) is 17.3. The largest absolute Gasteiger partial charge is 0.350 e. The number of imide groups is 1. The van der Waals surface area contributed by atoms with Crippen molar-refractivity contribution in [3.8, 4) is 0 Å². The Hall–Kier alpha value is -3.03. The average Bonchev–Trinajstić information content (AvgIpc) is 3.21. The van der Waals surface area contributed by atoms with Gasteiger partial charge in [0.15, 0.2) is 0 Å². The van der Waals surface area contributed by atoms with Crippen molar-refractivity contribution < 1.29 is 19.2 Å². The minimum atomic E-state index is -0.979. The SMILES string of the molecule is CC(C)C(C(=O)C1=NNC(C(=O)NC(C)(C)C)C1)N1C(=O)c2ccccc2C1=O. The number of benzene rings is 1. The van der Waals surface area contributed by atoms with Crippen molar-refractivity contribution in [3.05, 3.63) is 35.4 Å². The monoisotopic (exact) mass is 398 g/mol. The Morgan fingerprint density at radius 1 is 1.14 bits per heavy atom. The Bertz CT molecular complexity index is 879. The van der Waals surface area contributed by atoms with Gasteiger partial charge in [0, 0.05) is 12.0 Å². The number of hydrogen-bond acceptors (Lipinski definition) is 6. The third-order valence-corrected chi connectivity index (χ3v) is 4.86. The standard InChI is InChI=1S/C21H26N4O4/c1-11(2)16(25-19(28)12-8-6-7-9-13(12)20(25)29)17(26)14-10-15(24-23-14)18(27)22-21(3,4)5/h6-9,11,15-16,24H,10H2,1-5H3,(H,22,27). The van der Waals surface area contributed by atoms with Gasteiger partial charge in [0.2, 0.25) is 11.7 Å². The first-order valence-electron chi connectivity index (χ1n) is 9.66. The minimum Gasteiger partial charge on any atom is -0.350 e. The molecule has 0 radical (unpaired) electrons. The molecule has 154 valence electrons. The summed E-state index contributed by atoms with van der Waals surface area (Å²) in [6.07, 6.45) is 0.104. The van der Waals surface area contributed by atoms with Crippen molar-refractivity contribution in [2.45, 2.75) is 58.7 Å². The molecule has 0 saturated heterocycles. The van der Waals surface area contributed by atoms with Gasteiger partial charge >= 0.3 is 0 Å². The van der Waals surface area contributed by atoms with E-state index in [2.05, 4.69) is 15.8 Å². The molecule has 0 fully saturated rings. The molecule has 0 aliphatic carbocycles. The van der Waals surface area contributed by atoms with E-state index in [1.165, 1.54) is 0 Å². The van der Waals surface area contributed by atoms with Crippen molar-refractivity contribution in [2.24, 2.45) is 11.0 Å². The summed E-state index contributed by atoms with van der Waals surface area (Å²) in [6.45, 7) is 9.15. The van der Waals surface area contributed by atoms with Crippen LogP contribution in [0.5, 0.6) is 0 Å². The van der Waals surface area contributed by atoms with Crippen LogP contribution in [0.25, 0.3) is 0 Å². The molecule has 3 amide bonds. The molecule has 1 aromatic carbocycles. The molecule has 8 nitrogen and oxygen atoms in total. The predicted molar refractivity (Wildman–Crippen MR) is 107 cm³/mol. The number of nitrogens with zero attached hydrogens (tertiary/aromatic N) is 2. The maximum absolute atomic E-state index is 13.2. The first-order chi connectivity index (χ1) is 13.5. The van der Waals surface area contributed by atoms with Crippen LogP contribution in [0.4, 0.5) is 0 Å². The van der Waals surface area contributed by atoms with Crippen molar-refractivity contribution in [3.63, 3.8) is 0 Å². The van der Waals surface area contributed by atoms with Crippen LogP contribution in [0.2, 0.25) is 0 Å². The molecule has 0 bridgehead atoms. The van der Waals surface area contributed by atoms with Gasteiger partial charge in [-0.15, -0.1) is 0 Å². The lowest BCUT2D eigenvalue weighted by atomic mass is 9.93. The molecule has 0 aromatic heterocycles. The van der Waals surface area contributed by atoms with E-state index in [1.54, 1.807) is 38.1 Å². The van der Waals surface area contributed by atoms with Crippen LogP contribution in [0.1, 0.15) is 61.8 Å². The van der Waals surface area contributed by atoms with Gasteiger partial charge in [-0.25, -0.2) is 0 Å².